The van der Waals surface area contributed by atoms with Crippen LogP contribution in [0.15, 0.2) is 36.4 Å². The molecule has 0 atom stereocenters. The van der Waals surface area contributed by atoms with E-state index in [1.807, 2.05) is 6.07 Å². The van der Waals surface area contributed by atoms with Gasteiger partial charge in [0.05, 0.1) is 35.6 Å². The van der Waals surface area contributed by atoms with Gasteiger partial charge in [-0.3, -0.25) is 4.72 Å². The van der Waals surface area contributed by atoms with Crippen molar-refractivity contribution in [1.82, 2.24) is 9.97 Å². The second-order valence-electron chi connectivity index (χ2n) is 5.04. The van der Waals surface area contributed by atoms with Gasteiger partial charge in [-0.1, -0.05) is 11.6 Å². The minimum atomic E-state index is -3.35. The molecule has 0 radical (unpaired) electrons. The number of nitrogens with zero attached hydrogens (tertiary/aromatic N) is 1. The molecule has 2 aromatic carbocycles. The first-order valence-electron chi connectivity index (χ1n) is 6.67. The Bertz CT molecular complexity index is 983. The molecule has 0 unspecified atom stereocenters. The topological polar surface area (TPSA) is 84.1 Å². The van der Waals surface area contributed by atoms with Gasteiger partial charge < -0.3 is 9.72 Å². The van der Waals surface area contributed by atoms with Crippen molar-refractivity contribution in [1.29, 1.82) is 0 Å². The molecule has 6 nitrogen and oxygen atoms in total. The van der Waals surface area contributed by atoms with E-state index in [0.717, 1.165) is 22.9 Å². The highest BCUT2D eigenvalue weighted by atomic mass is 35.5. The summed E-state index contributed by atoms with van der Waals surface area (Å²) in [6.07, 6.45) is 1.09. The number of imidazole rings is 1. The second kappa shape index (κ2) is 5.75. The minimum Gasteiger partial charge on any atom is -0.496 e. The predicted octanol–water partition coefficient (Wildman–Crippen LogP) is 3.26. The van der Waals surface area contributed by atoms with E-state index in [0.29, 0.717) is 22.3 Å². The molecular weight excluding hydrogens is 338 g/mol. The monoisotopic (exact) mass is 351 g/mol. The summed E-state index contributed by atoms with van der Waals surface area (Å²) in [6.45, 7) is 0. The van der Waals surface area contributed by atoms with Crippen molar-refractivity contribution < 1.29 is 13.2 Å². The van der Waals surface area contributed by atoms with Crippen LogP contribution in [-0.2, 0) is 10.0 Å². The van der Waals surface area contributed by atoms with E-state index in [1.54, 1.807) is 30.3 Å². The SMILES string of the molecule is COc1cc(NS(C)(=O)=O)ccc1-c1nc2ccc(Cl)cc2[nH]1. The summed E-state index contributed by atoms with van der Waals surface area (Å²) in [7, 11) is -1.83. The molecule has 0 saturated carbocycles. The molecule has 1 aromatic heterocycles. The number of fused-ring (bicyclic) bond motifs is 1. The van der Waals surface area contributed by atoms with Crippen LogP contribution in [0.4, 0.5) is 5.69 Å². The van der Waals surface area contributed by atoms with Gasteiger partial charge in [0.2, 0.25) is 10.0 Å². The van der Waals surface area contributed by atoms with E-state index >= 15 is 0 Å². The lowest BCUT2D eigenvalue weighted by Crippen LogP contribution is -2.09. The number of aromatic nitrogens is 2. The normalized spacial score (nSPS) is 11.6. The maximum Gasteiger partial charge on any atom is 0.229 e. The average Bonchev–Trinajstić information content (AvgIpc) is 2.88. The predicted molar refractivity (Wildman–Crippen MR) is 91.6 cm³/mol. The molecule has 0 saturated heterocycles. The molecule has 2 N–H and O–H groups in total. The smallest absolute Gasteiger partial charge is 0.229 e. The number of anilines is 1. The molecule has 1 heterocycles. The van der Waals surface area contributed by atoms with Crippen LogP contribution in [0.3, 0.4) is 0 Å². The first-order valence-corrected chi connectivity index (χ1v) is 8.94. The molecule has 3 aromatic rings. The number of hydrogen-bond acceptors (Lipinski definition) is 4. The van der Waals surface area contributed by atoms with Gasteiger partial charge in [0.15, 0.2) is 0 Å². The van der Waals surface area contributed by atoms with Crippen LogP contribution in [0.2, 0.25) is 5.02 Å². The number of benzene rings is 2. The number of halogens is 1. The van der Waals surface area contributed by atoms with Crippen LogP contribution in [0, 0.1) is 0 Å². The molecule has 120 valence electrons. The largest absolute Gasteiger partial charge is 0.496 e. The fraction of sp³-hybridized carbons (Fsp3) is 0.133. The zero-order chi connectivity index (χ0) is 16.6. The van der Waals surface area contributed by atoms with E-state index in [2.05, 4.69) is 14.7 Å². The summed E-state index contributed by atoms with van der Waals surface area (Å²) in [5, 5.41) is 0.618. The highest BCUT2D eigenvalue weighted by Crippen LogP contribution is 2.32. The molecule has 8 heteroatoms. The third-order valence-corrected chi connectivity index (χ3v) is 4.05. The van der Waals surface area contributed by atoms with Crippen molar-refractivity contribution in [3.05, 3.63) is 41.4 Å². The molecular formula is C15H14ClN3O3S. The summed E-state index contributed by atoms with van der Waals surface area (Å²) in [4.78, 5) is 7.68. The summed E-state index contributed by atoms with van der Waals surface area (Å²) in [6, 6.07) is 10.4. The molecule has 0 fully saturated rings. The average molecular weight is 352 g/mol. The summed E-state index contributed by atoms with van der Waals surface area (Å²) in [5.41, 5.74) is 2.74. The van der Waals surface area contributed by atoms with Crippen molar-refractivity contribution in [2.24, 2.45) is 0 Å². The number of aromatic amines is 1. The number of rotatable bonds is 4. The van der Waals surface area contributed by atoms with E-state index in [1.165, 1.54) is 7.11 Å². The van der Waals surface area contributed by atoms with Crippen molar-refractivity contribution in [3.8, 4) is 17.1 Å². The van der Waals surface area contributed by atoms with Crippen LogP contribution < -0.4 is 9.46 Å². The molecule has 0 bridgehead atoms. The Morgan fingerprint density at radius 2 is 2.00 bits per heavy atom. The third kappa shape index (κ3) is 3.40. The van der Waals surface area contributed by atoms with E-state index in [4.69, 9.17) is 16.3 Å². The first-order chi connectivity index (χ1) is 10.9. The number of nitrogens with one attached hydrogen (secondary N) is 2. The zero-order valence-electron chi connectivity index (χ0n) is 12.4. The maximum atomic E-state index is 11.3. The lowest BCUT2D eigenvalue weighted by Gasteiger charge is -2.09. The van der Waals surface area contributed by atoms with Gasteiger partial charge in [-0.15, -0.1) is 0 Å². The first kappa shape index (κ1) is 15.6. The third-order valence-electron chi connectivity index (χ3n) is 3.20. The number of sulfonamides is 1. The molecule has 0 aliphatic rings. The number of ether oxygens (including phenoxy) is 1. The van der Waals surface area contributed by atoms with Gasteiger partial charge in [0.1, 0.15) is 11.6 Å². The highest BCUT2D eigenvalue weighted by molar-refractivity contribution is 7.92. The molecule has 23 heavy (non-hydrogen) atoms. The molecule has 0 spiro atoms. The van der Waals surface area contributed by atoms with Gasteiger partial charge >= 0.3 is 0 Å². The Labute approximate surface area is 138 Å². The Hall–Kier alpha value is -2.25. The minimum absolute atomic E-state index is 0.423. The van der Waals surface area contributed by atoms with Crippen molar-refractivity contribution in [2.75, 3.05) is 18.1 Å². The summed E-state index contributed by atoms with van der Waals surface area (Å²) >= 11 is 5.98. The van der Waals surface area contributed by atoms with Crippen LogP contribution in [0.25, 0.3) is 22.4 Å². The van der Waals surface area contributed by atoms with Gasteiger partial charge in [-0.05, 0) is 30.3 Å². The van der Waals surface area contributed by atoms with Gasteiger partial charge in [-0.25, -0.2) is 13.4 Å². The number of methoxy groups -OCH3 is 1. The van der Waals surface area contributed by atoms with E-state index in [9.17, 15) is 8.42 Å². The molecule has 0 aliphatic carbocycles. The van der Waals surface area contributed by atoms with Crippen molar-refractivity contribution in [2.45, 2.75) is 0 Å². The molecule has 3 rings (SSSR count). The summed E-state index contributed by atoms with van der Waals surface area (Å²) in [5.74, 6) is 1.12. The quantitative estimate of drug-likeness (QED) is 0.755. The Morgan fingerprint density at radius 1 is 1.22 bits per heavy atom. The Morgan fingerprint density at radius 3 is 2.70 bits per heavy atom. The van der Waals surface area contributed by atoms with Gasteiger partial charge in [-0.2, -0.15) is 0 Å². The maximum absolute atomic E-state index is 11.3. The molecule has 0 aliphatic heterocycles. The summed E-state index contributed by atoms with van der Waals surface area (Å²) < 4.78 is 30.4. The standard InChI is InChI=1S/C15H14ClN3O3S/c1-22-14-8-10(19-23(2,20)21)4-5-11(14)15-17-12-6-3-9(16)7-13(12)18-15/h3-8,19H,1-2H3,(H,17,18). The van der Waals surface area contributed by atoms with E-state index in [-0.39, 0.29) is 0 Å². The fourth-order valence-corrected chi connectivity index (χ4v) is 3.00. The lowest BCUT2D eigenvalue weighted by atomic mass is 10.1. The van der Waals surface area contributed by atoms with Crippen molar-refractivity contribution in [3.63, 3.8) is 0 Å². The lowest BCUT2D eigenvalue weighted by molar-refractivity contribution is 0.416. The van der Waals surface area contributed by atoms with Crippen LogP contribution in [0.1, 0.15) is 0 Å². The van der Waals surface area contributed by atoms with Gasteiger partial charge in [0, 0.05) is 11.1 Å². The second-order valence-corrected chi connectivity index (χ2v) is 7.22. The van der Waals surface area contributed by atoms with Crippen molar-refractivity contribution >= 4 is 38.3 Å². The number of H-pyrrole nitrogens is 1. The van der Waals surface area contributed by atoms with E-state index < -0.39 is 10.0 Å². The Kier molecular flexibility index (Phi) is 3.91. The Balaban J connectivity index is 2.07. The fourth-order valence-electron chi connectivity index (χ4n) is 2.27. The highest BCUT2D eigenvalue weighted by Gasteiger charge is 2.13. The van der Waals surface area contributed by atoms with Crippen LogP contribution in [-0.4, -0.2) is 31.8 Å². The zero-order valence-corrected chi connectivity index (χ0v) is 14.0. The van der Waals surface area contributed by atoms with Gasteiger partial charge in [0.25, 0.3) is 0 Å². The van der Waals surface area contributed by atoms with Crippen LogP contribution >= 0.6 is 11.6 Å². The van der Waals surface area contributed by atoms with Crippen LogP contribution in [0.5, 0.6) is 5.75 Å². The number of hydrogen-bond donors (Lipinski definition) is 2. The molecule has 0 amide bonds.